The first-order valence-corrected chi connectivity index (χ1v) is 5.63. The molecule has 10 heteroatoms. The number of aromatic nitrogens is 2. The van der Waals surface area contributed by atoms with Gasteiger partial charge in [0.05, 0.1) is 19.4 Å². The highest BCUT2D eigenvalue weighted by molar-refractivity contribution is 5.02. The largest absolute Gasteiger partial charge is 0.393 e. The molecule has 5 N–H and O–H groups in total. The Hall–Kier alpha value is -1.59. The minimum Gasteiger partial charge on any atom is -0.393 e. The summed E-state index contributed by atoms with van der Waals surface area (Å²) in [5.74, 6) is -1.29. The summed E-state index contributed by atoms with van der Waals surface area (Å²) in [5.41, 5.74) is -4.20. The van der Waals surface area contributed by atoms with Crippen molar-refractivity contribution in [2.24, 2.45) is 0 Å². The number of hydrogen-bond donors (Lipinski definition) is 5. The summed E-state index contributed by atoms with van der Waals surface area (Å²) in [7, 11) is 0. The molecule has 9 nitrogen and oxygen atoms in total. The third-order valence-corrected chi connectivity index (χ3v) is 3.24. The first kappa shape index (κ1) is 14.8. The van der Waals surface area contributed by atoms with Crippen molar-refractivity contribution < 1.29 is 29.6 Å². The number of rotatable bonds is 3. The fourth-order valence-electron chi connectivity index (χ4n) is 2.03. The number of H-pyrrole nitrogens is 1. The molecule has 0 bridgehead atoms. The molecule has 0 aliphatic carbocycles. The zero-order valence-electron chi connectivity index (χ0n) is 10.1. The first-order valence-electron chi connectivity index (χ1n) is 5.63. The van der Waals surface area contributed by atoms with Crippen LogP contribution in [0.5, 0.6) is 0 Å². The Kier molecular flexibility index (Phi) is 3.75. The lowest BCUT2D eigenvalue weighted by molar-refractivity contribution is -0.150. The molecule has 112 valence electrons. The maximum Gasteiger partial charge on any atom is 0.330 e. The number of nitrogens with zero attached hydrogens (tertiary/aromatic N) is 1. The fraction of sp³-hybridized carbons (Fsp3) is 0.600. The predicted molar refractivity (Wildman–Crippen MR) is 60.3 cm³/mol. The van der Waals surface area contributed by atoms with Gasteiger partial charge >= 0.3 is 5.69 Å². The normalized spacial score (nSPS) is 28.8. The second-order valence-corrected chi connectivity index (χ2v) is 4.47. The zero-order valence-corrected chi connectivity index (χ0v) is 10.1. The van der Waals surface area contributed by atoms with Crippen LogP contribution in [0.4, 0.5) is 4.39 Å². The Morgan fingerprint density at radius 2 is 1.95 bits per heavy atom. The van der Waals surface area contributed by atoms with E-state index in [1.165, 1.54) is 0 Å². The van der Waals surface area contributed by atoms with Crippen LogP contribution in [0.3, 0.4) is 0 Å². The quantitative estimate of drug-likeness (QED) is 0.391. The summed E-state index contributed by atoms with van der Waals surface area (Å²) in [6.45, 7) is -1.67. The van der Waals surface area contributed by atoms with Crippen LogP contribution in [0.1, 0.15) is 6.23 Å². The molecule has 2 rings (SSSR count). The molecule has 3 atom stereocenters. The molecule has 1 fully saturated rings. The first-order chi connectivity index (χ1) is 9.36. The van der Waals surface area contributed by atoms with Crippen molar-refractivity contribution in [3.8, 4) is 0 Å². The van der Waals surface area contributed by atoms with Crippen LogP contribution in [0.25, 0.3) is 0 Å². The summed E-state index contributed by atoms with van der Waals surface area (Å²) in [5, 5.41) is 37.9. The summed E-state index contributed by atoms with van der Waals surface area (Å²) in [6, 6.07) is 0. The predicted octanol–water partition coefficient (Wildman–Crippen LogP) is -3.35. The van der Waals surface area contributed by atoms with E-state index in [2.05, 4.69) is 0 Å². The van der Waals surface area contributed by atoms with E-state index in [1.807, 2.05) is 0 Å². The van der Waals surface area contributed by atoms with E-state index in [4.69, 9.17) is 14.9 Å². The Morgan fingerprint density at radius 1 is 1.35 bits per heavy atom. The van der Waals surface area contributed by atoms with Crippen LogP contribution in [-0.2, 0) is 4.74 Å². The van der Waals surface area contributed by atoms with E-state index in [-0.39, 0.29) is 0 Å². The number of aromatic amines is 1. The monoisotopic (exact) mass is 292 g/mol. The summed E-state index contributed by atoms with van der Waals surface area (Å²) < 4.78 is 18.8. The SMILES string of the molecule is O=c1[nH]c(=O)n(C2OC(CO)(CO)C(O)C2O)cc1F. The highest BCUT2D eigenvalue weighted by Crippen LogP contribution is 2.35. The lowest BCUT2D eigenvalue weighted by Crippen LogP contribution is -2.49. The van der Waals surface area contributed by atoms with E-state index in [0.717, 1.165) is 0 Å². The van der Waals surface area contributed by atoms with Crippen molar-refractivity contribution in [3.63, 3.8) is 0 Å². The number of aliphatic hydroxyl groups is 4. The average molecular weight is 292 g/mol. The molecule has 1 aromatic rings. The molecule has 20 heavy (non-hydrogen) atoms. The van der Waals surface area contributed by atoms with Crippen molar-refractivity contribution in [1.82, 2.24) is 9.55 Å². The van der Waals surface area contributed by atoms with Crippen LogP contribution >= 0.6 is 0 Å². The van der Waals surface area contributed by atoms with Gasteiger partial charge in [0.2, 0.25) is 5.82 Å². The highest BCUT2D eigenvalue weighted by atomic mass is 19.1. The van der Waals surface area contributed by atoms with Crippen LogP contribution in [0.15, 0.2) is 15.8 Å². The van der Waals surface area contributed by atoms with Gasteiger partial charge in [-0.05, 0) is 0 Å². The van der Waals surface area contributed by atoms with Crippen LogP contribution in [0, 0.1) is 5.82 Å². The lowest BCUT2D eigenvalue weighted by atomic mass is 9.97. The van der Waals surface area contributed by atoms with Gasteiger partial charge in [0.1, 0.15) is 17.8 Å². The second kappa shape index (κ2) is 5.07. The van der Waals surface area contributed by atoms with Gasteiger partial charge < -0.3 is 25.2 Å². The van der Waals surface area contributed by atoms with E-state index >= 15 is 0 Å². The summed E-state index contributed by atoms with van der Waals surface area (Å²) >= 11 is 0. The van der Waals surface area contributed by atoms with Gasteiger partial charge in [-0.2, -0.15) is 4.39 Å². The topological polar surface area (TPSA) is 145 Å². The van der Waals surface area contributed by atoms with Crippen molar-refractivity contribution in [2.75, 3.05) is 13.2 Å². The number of aliphatic hydroxyl groups excluding tert-OH is 4. The molecular formula is C10H13FN2O7. The van der Waals surface area contributed by atoms with Crippen LogP contribution in [0.2, 0.25) is 0 Å². The van der Waals surface area contributed by atoms with E-state index in [1.54, 1.807) is 4.98 Å². The molecule has 1 aromatic heterocycles. The number of hydrogen-bond acceptors (Lipinski definition) is 7. The number of nitrogens with one attached hydrogen (secondary N) is 1. The van der Waals surface area contributed by atoms with Gasteiger partial charge in [-0.25, -0.2) is 4.79 Å². The Balaban J connectivity index is 2.47. The van der Waals surface area contributed by atoms with Crippen LogP contribution < -0.4 is 11.2 Å². The lowest BCUT2D eigenvalue weighted by Gasteiger charge is -2.27. The maximum atomic E-state index is 13.2. The fourth-order valence-corrected chi connectivity index (χ4v) is 2.03. The van der Waals surface area contributed by atoms with E-state index in [0.29, 0.717) is 10.8 Å². The van der Waals surface area contributed by atoms with Gasteiger partial charge in [-0.1, -0.05) is 0 Å². The van der Waals surface area contributed by atoms with Gasteiger partial charge in [0, 0.05) is 0 Å². The van der Waals surface area contributed by atoms with Gasteiger partial charge in [0.25, 0.3) is 5.56 Å². The summed E-state index contributed by atoms with van der Waals surface area (Å²) in [6.07, 6.45) is -4.48. The second-order valence-electron chi connectivity index (χ2n) is 4.47. The van der Waals surface area contributed by atoms with Gasteiger partial charge in [0.15, 0.2) is 6.23 Å². The van der Waals surface area contributed by atoms with Gasteiger partial charge in [-0.15, -0.1) is 0 Å². The Morgan fingerprint density at radius 3 is 2.45 bits per heavy atom. The molecule has 2 heterocycles. The molecule has 0 spiro atoms. The molecule has 3 unspecified atom stereocenters. The van der Waals surface area contributed by atoms with E-state index in [9.17, 15) is 24.2 Å². The van der Waals surface area contributed by atoms with Crippen molar-refractivity contribution >= 4 is 0 Å². The summed E-state index contributed by atoms with van der Waals surface area (Å²) in [4.78, 5) is 24.1. The minimum absolute atomic E-state index is 0.507. The molecule has 0 saturated carbocycles. The number of ether oxygens (including phenoxy) is 1. The molecule has 0 aromatic carbocycles. The maximum absolute atomic E-state index is 13.2. The Bertz CT molecular complexity index is 608. The molecule has 1 saturated heterocycles. The van der Waals surface area contributed by atoms with Crippen molar-refractivity contribution in [3.05, 3.63) is 32.9 Å². The van der Waals surface area contributed by atoms with E-state index < -0.39 is 54.3 Å². The molecule has 0 radical (unpaired) electrons. The standard InChI is InChI=1S/C10H13FN2O7/c11-4-1-13(9(19)12-7(4)18)8-5(16)6(17)10(2-14,3-15)20-8/h1,5-6,8,14-17H,2-3H2,(H,12,18,19). The smallest absolute Gasteiger partial charge is 0.330 e. The average Bonchev–Trinajstić information content (AvgIpc) is 2.68. The molecular weight excluding hydrogens is 279 g/mol. The third-order valence-electron chi connectivity index (χ3n) is 3.24. The number of halogens is 1. The molecule has 0 amide bonds. The minimum atomic E-state index is -1.89. The molecule has 1 aliphatic heterocycles. The highest BCUT2D eigenvalue weighted by Gasteiger charge is 2.54. The molecule has 1 aliphatic rings. The van der Waals surface area contributed by atoms with Gasteiger partial charge in [-0.3, -0.25) is 14.3 Å². The third kappa shape index (κ3) is 2.07. The Labute approximate surface area is 110 Å². The van der Waals surface area contributed by atoms with Crippen molar-refractivity contribution in [1.29, 1.82) is 0 Å². The zero-order chi connectivity index (χ0) is 15.1. The van der Waals surface area contributed by atoms with Crippen molar-refractivity contribution in [2.45, 2.75) is 24.0 Å². The van der Waals surface area contributed by atoms with Crippen LogP contribution in [-0.4, -0.2) is 61.0 Å².